The van der Waals surface area contributed by atoms with E-state index in [1.54, 1.807) is 6.07 Å². The summed E-state index contributed by atoms with van der Waals surface area (Å²) >= 11 is 0. The van der Waals surface area contributed by atoms with Gasteiger partial charge in [0.05, 0.1) is 17.7 Å². The van der Waals surface area contributed by atoms with E-state index in [9.17, 15) is 22.7 Å². The molecule has 19 heavy (non-hydrogen) atoms. The van der Waals surface area contributed by atoms with Gasteiger partial charge in [0.1, 0.15) is 5.82 Å². The molecule has 1 N–H and O–H groups in total. The third kappa shape index (κ3) is 4.21. The summed E-state index contributed by atoms with van der Waals surface area (Å²) < 4.78 is 51.5. The second-order valence-electron chi connectivity index (χ2n) is 4.37. The minimum absolute atomic E-state index is 0.0161. The van der Waals surface area contributed by atoms with Gasteiger partial charge in [0.2, 0.25) is 0 Å². The highest BCUT2D eigenvalue weighted by Crippen LogP contribution is 2.38. The van der Waals surface area contributed by atoms with Crippen molar-refractivity contribution in [3.8, 4) is 6.07 Å². The van der Waals surface area contributed by atoms with E-state index in [0.717, 1.165) is 12.1 Å². The number of alkyl halides is 3. The van der Waals surface area contributed by atoms with Crippen molar-refractivity contribution in [2.24, 2.45) is 0 Å². The van der Waals surface area contributed by atoms with E-state index < -0.39 is 29.6 Å². The Morgan fingerprint density at radius 1 is 1.37 bits per heavy atom. The van der Waals surface area contributed by atoms with Gasteiger partial charge in [-0.1, -0.05) is 6.07 Å². The predicted molar refractivity (Wildman–Crippen MR) is 60.7 cm³/mol. The van der Waals surface area contributed by atoms with Crippen molar-refractivity contribution >= 4 is 0 Å². The molecule has 0 aliphatic carbocycles. The van der Waals surface area contributed by atoms with E-state index in [2.05, 4.69) is 0 Å². The van der Waals surface area contributed by atoms with Crippen molar-refractivity contribution in [3.05, 3.63) is 35.1 Å². The summed E-state index contributed by atoms with van der Waals surface area (Å²) in [6.45, 7) is 1.43. The average molecular weight is 275 g/mol. The van der Waals surface area contributed by atoms with E-state index in [4.69, 9.17) is 5.26 Å². The van der Waals surface area contributed by atoms with Gasteiger partial charge in [0.15, 0.2) is 0 Å². The maximum atomic E-state index is 13.0. The van der Waals surface area contributed by atoms with Gasteiger partial charge in [0, 0.05) is 6.42 Å². The molecule has 0 saturated carbocycles. The molecular formula is C13H13F4NO. The first-order chi connectivity index (χ1) is 8.75. The summed E-state index contributed by atoms with van der Waals surface area (Å²) in [7, 11) is 0. The normalized spacial score (nSPS) is 14.8. The van der Waals surface area contributed by atoms with Crippen LogP contribution in [0.4, 0.5) is 17.6 Å². The second kappa shape index (κ2) is 6.02. The van der Waals surface area contributed by atoms with Gasteiger partial charge >= 0.3 is 6.18 Å². The van der Waals surface area contributed by atoms with Crippen LogP contribution in [0.15, 0.2) is 18.2 Å². The fourth-order valence-corrected chi connectivity index (χ4v) is 1.97. The van der Waals surface area contributed by atoms with Crippen molar-refractivity contribution in [2.75, 3.05) is 0 Å². The van der Waals surface area contributed by atoms with Crippen LogP contribution in [-0.4, -0.2) is 11.2 Å². The minimum atomic E-state index is -4.69. The molecule has 6 heteroatoms. The Morgan fingerprint density at radius 3 is 2.47 bits per heavy atom. The topological polar surface area (TPSA) is 44.0 Å². The van der Waals surface area contributed by atoms with Crippen molar-refractivity contribution in [2.45, 2.75) is 38.0 Å². The van der Waals surface area contributed by atoms with Gasteiger partial charge in [-0.25, -0.2) is 4.39 Å². The van der Waals surface area contributed by atoms with Crippen LogP contribution >= 0.6 is 0 Å². The number of hydrogen-bond donors (Lipinski definition) is 1. The monoisotopic (exact) mass is 275 g/mol. The number of nitriles is 1. The molecule has 0 aromatic heterocycles. The predicted octanol–water partition coefficient (Wildman–Crippen LogP) is 3.61. The lowest BCUT2D eigenvalue weighted by molar-refractivity contribution is -0.138. The molecule has 0 fully saturated rings. The Labute approximate surface area is 108 Å². The Morgan fingerprint density at radius 2 is 2.00 bits per heavy atom. The number of aliphatic hydroxyl groups excluding tert-OH is 1. The first-order valence-corrected chi connectivity index (χ1v) is 5.67. The van der Waals surface area contributed by atoms with Crippen LogP contribution in [0.25, 0.3) is 0 Å². The molecule has 0 amide bonds. The van der Waals surface area contributed by atoms with E-state index in [1.165, 1.54) is 6.92 Å². The summed E-state index contributed by atoms with van der Waals surface area (Å²) in [6, 6.07) is 4.17. The van der Waals surface area contributed by atoms with Gasteiger partial charge in [-0.05, 0) is 37.0 Å². The van der Waals surface area contributed by atoms with E-state index >= 15 is 0 Å². The average Bonchev–Trinajstić information content (AvgIpc) is 2.26. The number of hydrogen-bond acceptors (Lipinski definition) is 2. The Bertz CT molecular complexity index is 477. The van der Waals surface area contributed by atoms with Crippen LogP contribution in [0.3, 0.4) is 0 Å². The first kappa shape index (κ1) is 15.4. The van der Waals surface area contributed by atoms with Crippen LogP contribution in [0.2, 0.25) is 0 Å². The molecule has 104 valence electrons. The zero-order valence-corrected chi connectivity index (χ0v) is 10.2. The summed E-state index contributed by atoms with van der Waals surface area (Å²) in [6.07, 6.45) is -5.68. The standard InChI is InChI=1S/C13H13F4NO/c1-8(19)6-9(4-5-18)11-3-2-10(14)7-12(11)13(15,16)17/h2-3,7-9,19H,4,6H2,1H3. The first-order valence-electron chi connectivity index (χ1n) is 5.67. The highest BCUT2D eigenvalue weighted by Gasteiger charge is 2.35. The number of benzene rings is 1. The second-order valence-corrected chi connectivity index (χ2v) is 4.37. The number of rotatable bonds is 4. The molecule has 2 unspecified atom stereocenters. The quantitative estimate of drug-likeness (QED) is 0.853. The molecule has 1 aromatic rings. The molecule has 0 aliphatic rings. The molecule has 0 heterocycles. The van der Waals surface area contributed by atoms with Gasteiger partial charge in [-0.2, -0.15) is 18.4 Å². The van der Waals surface area contributed by atoms with E-state index in [-0.39, 0.29) is 18.4 Å². The third-order valence-corrected chi connectivity index (χ3v) is 2.72. The molecule has 1 rings (SSSR count). The van der Waals surface area contributed by atoms with Crippen molar-refractivity contribution in [1.82, 2.24) is 0 Å². The lowest BCUT2D eigenvalue weighted by Crippen LogP contribution is -2.15. The molecular weight excluding hydrogens is 262 g/mol. The van der Waals surface area contributed by atoms with Crippen LogP contribution in [0.5, 0.6) is 0 Å². The smallest absolute Gasteiger partial charge is 0.393 e. The Balaban J connectivity index is 3.26. The lowest BCUT2D eigenvalue weighted by Gasteiger charge is -2.21. The fraction of sp³-hybridized carbons (Fsp3) is 0.462. The maximum Gasteiger partial charge on any atom is 0.416 e. The Kier molecular flexibility index (Phi) is 4.90. The van der Waals surface area contributed by atoms with Gasteiger partial charge in [-0.3, -0.25) is 0 Å². The van der Waals surface area contributed by atoms with Crippen LogP contribution in [-0.2, 0) is 6.18 Å². The number of nitrogens with zero attached hydrogens (tertiary/aromatic N) is 1. The summed E-state index contributed by atoms with van der Waals surface area (Å²) in [5.74, 6) is -1.76. The molecule has 1 aromatic carbocycles. The number of halogens is 4. The highest BCUT2D eigenvalue weighted by molar-refractivity contribution is 5.34. The number of aliphatic hydroxyl groups is 1. The van der Waals surface area contributed by atoms with Crippen LogP contribution < -0.4 is 0 Å². The van der Waals surface area contributed by atoms with Gasteiger partial charge in [0.25, 0.3) is 0 Å². The molecule has 0 bridgehead atoms. The summed E-state index contributed by atoms with van der Waals surface area (Å²) in [5, 5.41) is 18.0. The minimum Gasteiger partial charge on any atom is -0.393 e. The lowest BCUT2D eigenvalue weighted by atomic mass is 9.87. The molecule has 0 spiro atoms. The summed E-state index contributed by atoms with van der Waals surface area (Å²) in [5.41, 5.74) is -1.25. The summed E-state index contributed by atoms with van der Waals surface area (Å²) in [4.78, 5) is 0. The van der Waals surface area contributed by atoms with Crippen molar-refractivity contribution in [3.63, 3.8) is 0 Å². The molecule has 0 radical (unpaired) electrons. The highest BCUT2D eigenvalue weighted by atomic mass is 19.4. The van der Waals surface area contributed by atoms with E-state index in [0.29, 0.717) is 6.07 Å². The fourth-order valence-electron chi connectivity index (χ4n) is 1.97. The van der Waals surface area contributed by atoms with E-state index in [1.807, 2.05) is 0 Å². The molecule has 0 aliphatic heterocycles. The maximum absolute atomic E-state index is 13.0. The molecule has 2 nitrogen and oxygen atoms in total. The zero-order chi connectivity index (χ0) is 14.6. The van der Waals surface area contributed by atoms with Crippen molar-refractivity contribution < 1.29 is 22.7 Å². The van der Waals surface area contributed by atoms with Gasteiger partial charge in [-0.15, -0.1) is 0 Å². The Hall–Kier alpha value is -1.61. The zero-order valence-electron chi connectivity index (χ0n) is 10.2. The largest absolute Gasteiger partial charge is 0.416 e. The third-order valence-electron chi connectivity index (χ3n) is 2.72. The van der Waals surface area contributed by atoms with Gasteiger partial charge < -0.3 is 5.11 Å². The van der Waals surface area contributed by atoms with Crippen molar-refractivity contribution in [1.29, 1.82) is 5.26 Å². The van der Waals surface area contributed by atoms with Crippen LogP contribution in [0.1, 0.15) is 36.8 Å². The molecule has 0 saturated heterocycles. The molecule has 2 atom stereocenters. The SMILES string of the molecule is CC(O)CC(CC#N)c1ccc(F)cc1C(F)(F)F. The van der Waals surface area contributed by atoms with Crippen LogP contribution in [0, 0.1) is 17.1 Å².